The molecule has 1 aliphatic heterocycles. The minimum Gasteiger partial charge on any atom is -0.368 e. The highest BCUT2D eigenvalue weighted by Gasteiger charge is 2.26. The van der Waals surface area contributed by atoms with Crippen molar-refractivity contribution in [3.63, 3.8) is 0 Å². The van der Waals surface area contributed by atoms with Gasteiger partial charge in [-0.15, -0.1) is 0 Å². The van der Waals surface area contributed by atoms with Gasteiger partial charge in [0.2, 0.25) is 5.95 Å². The fraction of sp³-hybridized carbons (Fsp3) is 0.300. The van der Waals surface area contributed by atoms with Crippen molar-refractivity contribution < 1.29 is 4.79 Å². The molecule has 0 spiro atoms. The first kappa shape index (κ1) is 18.0. The molecule has 1 saturated heterocycles. The number of carbonyl (C=O) groups is 1. The summed E-state index contributed by atoms with van der Waals surface area (Å²) in [6, 6.07) is 11.3. The first-order chi connectivity index (χ1) is 13.6. The monoisotopic (exact) mass is 377 g/mol. The van der Waals surface area contributed by atoms with E-state index in [1.54, 1.807) is 10.9 Å². The number of nitrogens with one attached hydrogen (secondary N) is 1. The molecule has 1 aromatic carbocycles. The highest BCUT2D eigenvalue weighted by Crippen LogP contribution is 2.27. The molecule has 8 nitrogen and oxygen atoms in total. The molecule has 1 fully saturated rings. The lowest BCUT2D eigenvalue weighted by Gasteiger charge is -2.32. The van der Waals surface area contributed by atoms with Gasteiger partial charge in [0.25, 0.3) is 0 Å². The lowest BCUT2D eigenvalue weighted by Crippen LogP contribution is -2.42. The fourth-order valence-corrected chi connectivity index (χ4v) is 3.54. The van der Waals surface area contributed by atoms with Gasteiger partial charge in [-0.3, -0.25) is 0 Å². The quantitative estimate of drug-likeness (QED) is 0.731. The fourth-order valence-electron chi connectivity index (χ4n) is 3.54. The van der Waals surface area contributed by atoms with Gasteiger partial charge in [0.1, 0.15) is 0 Å². The first-order valence-corrected chi connectivity index (χ1v) is 9.36. The second-order valence-corrected chi connectivity index (χ2v) is 6.97. The zero-order chi connectivity index (χ0) is 19.5. The Bertz CT molecular complexity index is 984. The number of nitrogens with zero attached hydrogens (tertiary/aromatic N) is 5. The molecule has 4 rings (SSSR count). The van der Waals surface area contributed by atoms with Gasteiger partial charge in [-0.25, -0.2) is 19.4 Å². The Hall–Kier alpha value is -3.42. The van der Waals surface area contributed by atoms with Crippen LogP contribution in [0.25, 0.3) is 5.69 Å². The summed E-state index contributed by atoms with van der Waals surface area (Å²) in [6.07, 6.45) is 5.45. The average Bonchev–Trinajstić information content (AvgIpc) is 3.14. The van der Waals surface area contributed by atoms with Gasteiger partial charge in [-0.1, -0.05) is 12.1 Å². The Balaban J connectivity index is 1.50. The summed E-state index contributed by atoms with van der Waals surface area (Å²) in [5.41, 5.74) is 9.08. The predicted molar refractivity (Wildman–Crippen MR) is 107 cm³/mol. The lowest BCUT2D eigenvalue weighted by atomic mass is 9.95. The van der Waals surface area contributed by atoms with E-state index in [1.165, 1.54) is 0 Å². The van der Waals surface area contributed by atoms with Crippen LogP contribution in [0.2, 0.25) is 0 Å². The van der Waals surface area contributed by atoms with E-state index < -0.39 is 0 Å². The Morgan fingerprint density at radius 2 is 2.11 bits per heavy atom. The van der Waals surface area contributed by atoms with Crippen molar-refractivity contribution in [3.05, 3.63) is 60.2 Å². The Kier molecular flexibility index (Phi) is 4.92. The smallest absolute Gasteiger partial charge is 0.321 e. The Labute approximate surface area is 163 Å². The van der Waals surface area contributed by atoms with Gasteiger partial charge in [0, 0.05) is 31.4 Å². The molecule has 2 aromatic heterocycles. The van der Waals surface area contributed by atoms with Crippen LogP contribution in [0.5, 0.6) is 0 Å². The topological polar surface area (TPSA) is 102 Å². The van der Waals surface area contributed by atoms with Crippen molar-refractivity contribution in [1.29, 1.82) is 0 Å². The largest absolute Gasteiger partial charge is 0.368 e. The van der Waals surface area contributed by atoms with Crippen LogP contribution in [0.15, 0.2) is 48.8 Å². The SMILES string of the molecule is Cc1ccn(-c2ccccc2NC(=O)N2CCCC(c3ccnc(N)n3)C2)n1. The van der Waals surface area contributed by atoms with Gasteiger partial charge in [0.05, 0.1) is 22.8 Å². The first-order valence-electron chi connectivity index (χ1n) is 9.36. The maximum atomic E-state index is 12.9. The highest BCUT2D eigenvalue weighted by atomic mass is 16.2. The number of anilines is 2. The molecule has 3 aromatic rings. The van der Waals surface area contributed by atoms with E-state index in [4.69, 9.17) is 5.73 Å². The number of aryl methyl sites for hydroxylation is 1. The minimum absolute atomic E-state index is 0.122. The molecule has 3 N–H and O–H groups in total. The van der Waals surface area contributed by atoms with Gasteiger partial charge >= 0.3 is 6.03 Å². The van der Waals surface area contributed by atoms with E-state index in [2.05, 4.69) is 20.4 Å². The van der Waals surface area contributed by atoms with Crippen LogP contribution in [0.4, 0.5) is 16.4 Å². The van der Waals surface area contributed by atoms with Crippen molar-refractivity contribution in [2.75, 3.05) is 24.1 Å². The van der Waals surface area contributed by atoms with Gasteiger partial charge < -0.3 is 16.0 Å². The molecule has 0 bridgehead atoms. The van der Waals surface area contributed by atoms with Crippen LogP contribution >= 0.6 is 0 Å². The number of aromatic nitrogens is 4. The molecule has 1 unspecified atom stereocenters. The molecule has 144 valence electrons. The van der Waals surface area contributed by atoms with Crippen molar-refractivity contribution >= 4 is 17.7 Å². The second-order valence-electron chi connectivity index (χ2n) is 6.97. The third-order valence-corrected chi connectivity index (χ3v) is 4.94. The summed E-state index contributed by atoms with van der Waals surface area (Å²) >= 11 is 0. The second kappa shape index (κ2) is 7.67. The maximum Gasteiger partial charge on any atom is 0.321 e. The zero-order valence-electron chi connectivity index (χ0n) is 15.7. The summed E-state index contributed by atoms with van der Waals surface area (Å²) in [6.45, 7) is 3.25. The van der Waals surface area contributed by atoms with Crippen molar-refractivity contribution in [1.82, 2.24) is 24.6 Å². The average molecular weight is 377 g/mol. The number of benzene rings is 1. The number of urea groups is 1. The maximum absolute atomic E-state index is 12.9. The number of carbonyl (C=O) groups excluding carboxylic acids is 1. The van der Waals surface area contributed by atoms with Crippen LogP contribution in [-0.2, 0) is 0 Å². The van der Waals surface area contributed by atoms with Crippen LogP contribution in [-0.4, -0.2) is 43.8 Å². The Morgan fingerprint density at radius 1 is 1.25 bits per heavy atom. The van der Waals surface area contributed by atoms with Crippen molar-refractivity contribution in [3.8, 4) is 5.69 Å². The molecular formula is C20H23N7O. The number of para-hydroxylation sites is 2. The van der Waals surface area contributed by atoms with Gasteiger partial charge in [0.15, 0.2) is 0 Å². The van der Waals surface area contributed by atoms with E-state index in [1.807, 2.05) is 54.4 Å². The number of rotatable bonds is 3. The molecular weight excluding hydrogens is 354 g/mol. The van der Waals surface area contributed by atoms with Crippen LogP contribution in [0.3, 0.4) is 0 Å². The molecule has 3 heterocycles. The van der Waals surface area contributed by atoms with E-state index in [0.717, 1.165) is 35.6 Å². The highest BCUT2D eigenvalue weighted by molar-refractivity contribution is 5.91. The van der Waals surface area contributed by atoms with Gasteiger partial charge in [-0.2, -0.15) is 5.10 Å². The molecule has 28 heavy (non-hydrogen) atoms. The van der Waals surface area contributed by atoms with Crippen molar-refractivity contribution in [2.24, 2.45) is 0 Å². The third kappa shape index (κ3) is 3.80. The Morgan fingerprint density at radius 3 is 2.89 bits per heavy atom. The van der Waals surface area contributed by atoms with E-state index in [-0.39, 0.29) is 17.9 Å². The third-order valence-electron chi connectivity index (χ3n) is 4.94. The summed E-state index contributed by atoms with van der Waals surface area (Å²) < 4.78 is 1.77. The molecule has 1 aliphatic rings. The number of nitrogen functional groups attached to an aromatic ring is 1. The van der Waals surface area contributed by atoms with E-state index in [0.29, 0.717) is 13.1 Å². The molecule has 8 heteroatoms. The molecule has 0 aliphatic carbocycles. The zero-order valence-corrected chi connectivity index (χ0v) is 15.7. The normalized spacial score (nSPS) is 16.8. The number of hydrogen-bond acceptors (Lipinski definition) is 5. The molecule has 2 amide bonds. The van der Waals surface area contributed by atoms with E-state index >= 15 is 0 Å². The van der Waals surface area contributed by atoms with Crippen LogP contribution in [0, 0.1) is 6.92 Å². The standard InChI is InChI=1S/C20H23N7O/c1-14-9-12-27(25-14)18-7-3-2-6-17(18)24-20(28)26-11-4-5-15(13-26)16-8-10-22-19(21)23-16/h2-3,6-10,12,15H,4-5,11,13H2,1H3,(H,24,28)(H2,21,22,23). The van der Waals surface area contributed by atoms with Crippen molar-refractivity contribution in [2.45, 2.75) is 25.7 Å². The van der Waals surface area contributed by atoms with Crippen LogP contribution in [0.1, 0.15) is 30.1 Å². The number of nitrogens with two attached hydrogens (primary N) is 1. The number of amides is 2. The summed E-state index contributed by atoms with van der Waals surface area (Å²) in [5.74, 6) is 0.427. The number of likely N-dealkylation sites (tertiary alicyclic amines) is 1. The number of hydrogen-bond donors (Lipinski definition) is 2. The summed E-state index contributed by atoms with van der Waals surface area (Å²) in [5, 5.41) is 7.49. The minimum atomic E-state index is -0.122. The van der Waals surface area contributed by atoms with Crippen LogP contribution < -0.4 is 11.1 Å². The lowest BCUT2D eigenvalue weighted by molar-refractivity contribution is 0.192. The van der Waals surface area contributed by atoms with Gasteiger partial charge in [-0.05, 0) is 44.0 Å². The predicted octanol–water partition coefficient (Wildman–Crippen LogP) is 2.96. The molecule has 0 saturated carbocycles. The summed E-state index contributed by atoms with van der Waals surface area (Å²) in [4.78, 5) is 23.0. The number of piperidine rings is 1. The summed E-state index contributed by atoms with van der Waals surface area (Å²) in [7, 11) is 0. The molecule has 1 atom stereocenters. The molecule has 0 radical (unpaired) electrons. The van der Waals surface area contributed by atoms with E-state index in [9.17, 15) is 4.79 Å².